The first-order valence-corrected chi connectivity index (χ1v) is 12.0. The average molecular weight is 462 g/mol. The number of rotatable bonds is 4. The SMILES string of the molecule is CNC(=O)c1ccc(N2CCN([C@H]3CC[C@@]4(c5cc6ccc(F)cc6c(=O)[nH]5)C[C@@H]34)CC2)cn1. The van der Waals surface area contributed by atoms with Crippen molar-refractivity contribution in [3.63, 3.8) is 0 Å². The van der Waals surface area contributed by atoms with Crippen molar-refractivity contribution >= 4 is 22.4 Å². The summed E-state index contributed by atoms with van der Waals surface area (Å²) in [5.41, 5.74) is 2.36. The van der Waals surface area contributed by atoms with E-state index in [-0.39, 0.29) is 22.7 Å². The summed E-state index contributed by atoms with van der Waals surface area (Å²) < 4.78 is 13.6. The predicted molar refractivity (Wildman–Crippen MR) is 129 cm³/mol. The molecule has 7 nitrogen and oxygen atoms in total. The molecule has 6 rings (SSSR count). The highest BCUT2D eigenvalue weighted by Gasteiger charge is 2.64. The van der Waals surface area contributed by atoms with E-state index in [2.05, 4.69) is 31.2 Å². The van der Waals surface area contributed by atoms with Crippen LogP contribution in [0.5, 0.6) is 0 Å². The summed E-state index contributed by atoms with van der Waals surface area (Å²) in [5, 5.41) is 3.83. The lowest BCUT2D eigenvalue weighted by Crippen LogP contribution is -2.50. The zero-order chi connectivity index (χ0) is 23.4. The number of hydrogen-bond acceptors (Lipinski definition) is 5. The second kappa shape index (κ2) is 7.91. The van der Waals surface area contributed by atoms with E-state index < -0.39 is 0 Å². The fraction of sp³-hybridized carbons (Fsp3) is 0.423. The molecule has 0 unspecified atom stereocenters. The number of amides is 1. The molecular formula is C26H28FN5O2. The van der Waals surface area contributed by atoms with Crippen LogP contribution in [0.25, 0.3) is 10.8 Å². The summed E-state index contributed by atoms with van der Waals surface area (Å²) in [5.74, 6) is -0.00184. The Hall–Kier alpha value is -3.26. The number of H-pyrrole nitrogens is 1. The van der Waals surface area contributed by atoms with Gasteiger partial charge in [-0.3, -0.25) is 14.5 Å². The molecule has 1 aliphatic heterocycles. The molecule has 0 spiro atoms. The molecular weight excluding hydrogens is 433 g/mol. The highest BCUT2D eigenvalue weighted by Crippen LogP contribution is 2.65. The minimum atomic E-state index is -0.383. The fourth-order valence-electron chi connectivity index (χ4n) is 6.26. The molecule has 8 heteroatoms. The zero-order valence-electron chi connectivity index (χ0n) is 19.2. The van der Waals surface area contributed by atoms with Gasteiger partial charge in [-0.2, -0.15) is 0 Å². The van der Waals surface area contributed by atoms with Crippen molar-refractivity contribution in [1.82, 2.24) is 20.2 Å². The van der Waals surface area contributed by atoms with E-state index in [0.717, 1.165) is 62.2 Å². The fourth-order valence-corrected chi connectivity index (χ4v) is 6.26. The van der Waals surface area contributed by atoms with Crippen LogP contribution >= 0.6 is 0 Å². The van der Waals surface area contributed by atoms with Gasteiger partial charge in [0.15, 0.2) is 0 Å². The lowest BCUT2D eigenvalue weighted by molar-refractivity contribution is 0.0958. The summed E-state index contributed by atoms with van der Waals surface area (Å²) in [6.07, 6.45) is 5.10. The van der Waals surface area contributed by atoms with Crippen molar-refractivity contribution in [3.8, 4) is 0 Å². The maximum Gasteiger partial charge on any atom is 0.269 e. The first kappa shape index (κ1) is 21.3. The standard InChI is InChI=1S/C26H28FN5O2/c1-28-25(34)21-5-4-18(15-29-21)31-8-10-32(11-9-31)22-6-7-26(14-20(22)26)23-12-16-2-3-17(27)13-19(16)24(33)30-23/h2-5,12-13,15,20,22H,6-11,14H2,1H3,(H,28,34)(H,30,33)/t20-,22-,26+/m0/s1. The third-order valence-corrected chi connectivity index (χ3v) is 8.18. The van der Waals surface area contributed by atoms with Gasteiger partial charge in [0.2, 0.25) is 0 Å². The van der Waals surface area contributed by atoms with Gasteiger partial charge in [-0.15, -0.1) is 0 Å². The molecule has 0 bridgehead atoms. The van der Waals surface area contributed by atoms with Crippen LogP contribution < -0.4 is 15.8 Å². The Balaban J connectivity index is 1.13. The molecule has 3 heterocycles. The number of hydrogen-bond donors (Lipinski definition) is 2. The molecule has 3 aromatic rings. The third-order valence-electron chi connectivity index (χ3n) is 8.18. The van der Waals surface area contributed by atoms with E-state index in [1.165, 1.54) is 12.1 Å². The number of carbonyl (C=O) groups is 1. The molecule has 3 fully saturated rings. The number of nitrogens with zero attached hydrogens (tertiary/aromatic N) is 3. The largest absolute Gasteiger partial charge is 0.368 e. The Bertz CT molecular complexity index is 1320. The maximum absolute atomic E-state index is 13.6. The molecule has 2 saturated carbocycles. The third kappa shape index (κ3) is 3.39. The average Bonchev–Trinajstić information content (AvgIpc) is 3.49. The lowest BCUT2D eigenvalue weighted by Gasteiger charge is -2.39. The number of halogens is 1. The Kier molecular flexibility index (Phi) is 4.95. The number of carbonyl (C=O) groups excluding carboxylic acids is 1. The molecule has 2 aromatic heterocycles. The van der Waals surface area contributed by atoms with Gasteiger partial charge >= 0.3 is 0 Å². The lowest BCUT2D eigenvalue weighted by atomic mass is 9.97. The minimum Gasteiger partial charge on any atom is -0.368 e. The first-order valence-electron chi connectivity index (χ1n) is 12.0. The number of anilines is 1. The summed E-state index contributed by atoms with van der Waals surface area (Å²) in [6.45, 7) is 3.83. The van der Waals surface area contributed by atoms with E-state index in [9.17, 15) is 14.0 Å². The van der Waals surface area contributed by atoms with Crippen molar-refractivity contribution in [1.29, 1.82) is 0 Å². The van der Waals surface area contributed by atoms with Crippen molar-refractivity contribution < 1.29 is 9.18 Å². The van der Waals surface area contributed by atoms with Gasteiger partial charge in [-0.05, 0) is 60.9 Å². The number of benzene rings is 1. The van der Waals surface area contributed by atoms with Crippen LogP contribution in [0.4, 0.5) is 10.1 Å². The number of aromatic amines is 1. The second-order valence-electron chi connectivity index (χ2n) is 9.82. The number of pyridine rings is 2. The summed E-state index contributed by atoms with van der Waals surface area (Å²) in [4.78, 5) is 36.7. The molecule has 176 valence electrons. The van der Waals surface area contributed by atoms with Gasteiger partial charge in [-0.1, -0.05) is 6.07 Å². The molecule has 2 N–H and O–H groups in total. The minimum absolute atomic E-state index is 0.0587. The zero-order valence-corrected chi connectivity index (χ0v) is 19.2. The Labute approximate surface area is 197 Å². The molecule has 3 atom stereocenters. The van der Waals surface area contributed by atoms with Gasteiger partial charge in [0.25, 0.3) is 11.5 Å². The van der Waals surface area contributed by atoms with Crippen LogP contribution in [0.15, 0.2) is 47.4 Å². The van der Waals surface area contributed by atoms with Crippen LogP contribution in [0, 0.1) is 11.7 Å². The van der Waals surface area contributed by atoms with Crippen LogP contribution in [0.1, 0.15) is 35.4 Å². The van der Waals surface area contributed by atoms with E-state index in [1.807, 2.05) is 6.07 Å². The Morgan fingerprint density at radius 3 is 2.71 bits per heavy atom. The smallest absolute Gasteiger partial charge is 0.269 e. The van der Waals surface area contributed by atoms with Gasteiger partial charge in [-0.25, -0.2) is 9.37 Å². The summed E-state index contributed by atoms with van der Waals surface area (Å²) in [7, 11) is 1.60. The molecule has 3 aliphatic rings. The number of nitrogens with one attached hydrogen (secondary N) is 2. The molecule has 1 aromatic carbocycles. The monoisotopic (exact) mass is 461 g/mol. The van der Waals surface area contributed by atoms with Crippen molar-refractivity contribution in [3.05, 3.63) is 70.2 Å². The van der Waals surface area contributed by atoms with Crippen molar-refractivity contribution in [2.75, 3.05) is 38.1 Å². The Morgan fingerprint density at radius 2 is 2.00 bits per heavy atom. The number of piperazine rings is 1. The number of fused-ring (bicyclic) bond motifs is 2. The van der Waals surface area contributed by atoms with E-state index in [4.69, 9.17) is 0 Å². The second-order valence-corrected chi connectivity index (χ2v) is 9.82. The van der Waals surface area contributed by atoms with Crippen molar-refractivity contribution in [2.45, 2.75) is 30.7 Å². The summed E-state index contributed by atoms with van der Waals surface area (Å²) in [6, 6.07) is 10.8. The van der Waals surface area contributed by atoms with Crippen molar-refractivity contribution in [2.24, 2.45) is 5.92 Å². The van der Waals surface area contributed by atoms with E-state index in [1.54, 1.807) is 25.4 Å². The molecule has 0 radical (unpaired) electrons. The highest BCUT2D eigenvalue weighted by molar-refractivity contribution is 5.92. The summed E-state index contributed by atoms with van der Waals surface area (Å²) >= 11 is 0. The normalized spacial score (nSPS) is 26.5. The van der Waals surface area contributed by atoms with E-state index >= 15 is 0 Å². The topological polar surface area (TPSA) is 81.3 Å². The first-order chi connectivity index (χ1) is 16.5. The van der Waals surface area contributed by atoms with Gasteiger partial charge in [0.1, 0.15) is 11.5 Å². The van der Waals surface area contributed by atoms with Gasteiger partial charge in [0, 0.05) is 55.8 Å². The van der Waals surface area contributed by atoms with Crippen LogP contribution in [0.2, 0.25) is 0 Å². The molecule has 2 aliphatic carbocycles. The quantitative estimate of drug-likeness (QED) is 0.625. The molecule has 1 saturated heterocycles. The van der Waals surface area contributed by atoms with Crippen LogP contribution in [-0.2, 0) is 5.41 Å². The predicted octanol–water partition coefficient (Wildman–Crippen LogP) is 2.66. The van der Waals surface area contributed by atoms with Gasteiger partial charge < -0.3 is 15.2 Å². The van der Waals surface area contributed by atoms with Crippen LogP contribution in [0.3, 0.4) is 0 Å². The highest BCUT2D eigenvalue weighted by atomic mass is 19.1. The maximum atomic E-state index is 13.6. The van der Waals surface area contributed by atoms with Crippen LogP contribution in [-0.4, -0.2) is 60.0 Å². The van der Waals surface area contributed by atoms with Gasteiger partial charge in [0.05, 0.1) is 11.9 Å². The molecule has 1 amide bonds. The van der Waals surface area contributed by atoms with E-state index in [0.29, 0.717) is 23.0 Å². The molecule has 34 heavy (non-hydrogen) atoms. The number of aromatic nitrogens is 2. The Morgan fingerprint density at radius 1 is 1.18 bits per heavy atom.